The van der Waals surface area contributed by atoms with Gasteiger partial charge in [0, 0.05) is 0 Å². The molecule has 0 unspecified atom stereocenters. The van der Waals surface area contributed by atoms with Gasteiger partial charge in [-0.05, 0) is 28.3 Å². The molecule has 0 aromatic rings. The lowest BCUT2D eigenvalue weighted by atomic mass is 10.1. The molecule has 0 aromatic carbocycles. The summed E-state index contributed by atoms with van der Waals surface area (Å²) in [6.07, 6.45) is 0. The van der Waals surface area contributed by atoms with Crippen molar-refractivity contribution in [3.05, 3.63) is 47.5 Å². The largest absolute Gasteiger partial charge is 0.392 e. The number of rotatable bonds is 2. The smallest absolute Gasteiger partial charge is 0.0688 e. The minimum absolute atomic E-state index is 0.0144. The Balaban J connectivity index is 2.67. The van der Waals surface area contributed by atoms with E-state index in [2.05, 4.69) is 0 Å². The average molecular weight is 188 g/mol. The number of hydrogen-bond acceptors (Lipinski definition) is 2. The van der Waals surface area contributed by atoms with Crippen LogP contribution in [0.1, 0.15) is 11.1 Å². The maximum Gasteiger partial charge on any atom is 0.0688 e. The van der Waals surface area contributed by atoms with E-state index in [4.69, 9.17) is 10.2 Å². The summed E-state index contributed by atoms with van der Waals surface area (Å²) in [7, 11) is 0. The van der Waals surface area contributed by atoms with Gasteiger partial charge < -0.3 is 10.2 Å². The maximum atomic E-state index is 9.14. The lowest BCUT2D eigenvalue weighted by Crippen LogP contribution is -1.80. The van der Waals surface area contributed by atoms with Gasteiger partial charge >= 0.3 is 0 Å². The number of aliphatic hydroxyl groups excluding tert-OH is 2. The van der Waals surface area contributed by atoms with E-state index in [0.717, 1.165) is 22.3 Å². The average Bonchev–Trinajstić information content (AvgIpc) is 2.39. The molecule has 0 saturated carbocycles. The van der Waals surface area contributed by atoms with Crippen molar-refractivity contribution in [2.24, 2.45) is 0 Å². The molecule has 2 heteroatoms. The van der Waals surface area contributed by atoms with Gasteiger partial charge in [-0.2, -0.15) is 0 Å². The molecule has 0 saturated heterocycles. The van der Waals surface area contributed by atoms with Crippen LogP contribution in [0.3, 0.4) is 0 Å². The molecule has 0 radical (unpaired) electrons. The predicted octanol–water partition coefficient (Wildman–Crippen LogP) is 1.78. The summed E-state index contributed by atoms with van der Waals surface area (Å²) >= 11 is 0. The summed E-state index contributed by atoms with van der Waals surface area (Å²) in [6.45, 7) is 0.0288. The van der Waals surface area contributed by atoms with Crippen molar-refractivity contribution in [1.82, 2.24) is 0 Å². The van der Waals surface area contributed by atoms with Crippen LogP contribution in [0, 0.1) is 0 Å². The van der Waals surface area contributed by atoms with Crippen LogP contribution in [0.15, 0.2) is 36.4 Å². The Morgan fingerprint density at radius 3 is 1.71 bits per heavy atom. The van der Waals surface area contributed by atoms with Crippen molar-refractivity contribution in [3.8, 4) is 11.1 Å². The molecule has 2 rings (SSSR count). The van der Waals surface area contributed by atoms with Gasteiger partial charge in [0.25, 0.3) is 0 Å². The summed E-state index contributed by atoms with van der Waals surface area (Å²) in [6, 6.07) is 11.6. The highest BCUT2D eigenvalue weighted by atomic mass is 16.3. The molecule has 0 atom stereocenters. The zero-order valence-corrected chi connectivity index (χ0v) is 7.77. The molecule has 2 aliphatic rings. The van der Waals surface area contributed by atoms with Gasteiger partial charge in [-0.3, -0.25) is 0 Å². The van der Waals surface area contributed by atoms with Crippen LogP contribution in [0.2, 0.25) is 0 Å². The Kier molecular flexibility index (Phi) is 2.48. The number of aliphatic hydroxyl groups is 2. The van der Waals surface area contributed by atoms with Gasteiger partial charge in [0.2, 0.25) is 0 Å². The minimum atomic E-state index is 0.0144. The van der Waals surface area contributed by atoms with E-state index in [1.54, 1.807) is 0 Å². The van der Waals surface area contributed by atoms with E-state index in [9.17, 15) is 0 Å². The fourth-order valence-electron chi connectivity index (χ4n) is 1.73. The quantitative estimate of drug-likeness (QED) is 0.754. The predicted molar refractivity (Wildman–Crippen MR) is 54.9 cm³/mol. The van der Waals surface area contributed by atoms with E-state index >= 15 is 0 Å². The molecule has 2 aliphatic carbocycles. The molecule has 2 N–H and O–H groups in total. The topological polar surface area (TPSA) is 40.5 Å². The van der Waals surface area contributed by atoms with E-state index in [0.29, 0.717) is 0 Å². The van der Waals surface area contributed by atoms with Crippen LogP contribution in [0.5, 0.6) is 0 Å². The third-order valence-electron chi connectivity index (χ3n) is 2.42. The van der Waals surface area contributed by atoms with Gasteiger partial charge in [0.1, 0.15) is 0 Å². The van der Waals surface area contributed by atoms with Crippen LogP contribution in [0.25, 0.3) is 11.1 Å². The SMILES string of the molecule is OCc1cc(CO)c2cccccc1-2. The molecular formula is C12H12O2. The number of fused-ring (bicyclic) bond motifs is 1. The van der Waals surface area contributed by atoms with Crippen molar-refractivity contribution in [3.63, 3.8) is 0 Å². The fourth-order valence-corrected chi connectivity index (χ4v) is 1.73. The van der Waals surface area contributed by atoms with Crippen molar-refractivity contribution < 1.29 is 10.2 Å². The molecule has 0 amide bonds. The highest BCUT2D eigenvalue weighted by Gasteiger charge is 2.12. The summed E-state index contributed by atoms with van der Waals surface area (Å²) in [5.74, 6) is 0. The van der Waals surface area contributed by atoms with E-state index in [1.165, 1.54) is 0 Å². The summed E-state index contributed by atoms with van der Waals surface area (Å²) in [5, 5.41) is 18.3. The second-order valence-electron chi connectivity index (χ2n) is 3.25. The molecule has 2 nitrogen and oxygen atoms in total. The van der Waals surface area contributed by atoms with Gasteiger partial charge in [-0.25, -0.2) is 0 Å². The van der Waals surface area contributed by atoms with Gasteiger partial charge in [0.15, 0.2) is 0 Å². The Hall–Kier alpha value is -1.38. The minimum Gasteiger partial charge on any atom is -0.392 e. The normalized spacial score (nSPS) is 10.7. The van der Waals surface area contributed by atoms with Crippen LogP contribution in [-0.2, 0) is 13.2 Å². The fraction of sp³-hybridized carbons (Fsp3) is 0.167. The van der Waals surface area contributed by atoms with Crippen molar-refractivity contribution in [2.75, 3.05) is 0 Å². The summed E-state index contributed by atoms with van der Waals surface area (Å²) in [4.78, 5) is 0. The number of hydrogen-bond donors (Lipinski definition) is 2. The zero-order chi connectivity index (χ0) is 9.97. The first-order valence-corrected chi connectivity index (χ1v) is 4.58. The highest BCUT2D eigenvalue weighted by molar-refractivity contribution is 5.74. The zero-order valence-electron chi connectivity index (χ0n) is 7.77. The molecular weight excluding hydrogens is 176 g/mol. The van der Waals surface area contributed by atoms with Gasteiger partial charge in [-0.15, -0.1) is 0 Å². The monoisotopic (exact) mass is 188 g/mol. The Morgan fingerprint density at radius 1 is 0.786 bits per heavy atom. The summed E-state index contributed by atoms with van der Waals surface area (Å²) in [5.41, 5.74) is 3.78. The van der Waals surface area contributed by atoms with Crippen LogP contribution < -0.4 is 0 Å². The van der Waals surface area contributed by atoms with Crippen molar-refractivity contribution >= 4 is 0 Å². The third kappa shape index (κ3) is 1.39. The molecule has 0 bridgehead atoms. The Bertz CT molecular complexity index is 374. The Labute approximate surface area is 82.8 Å². The first-order chi connectivity index (χ1) is 6.86. The molecule has 72 valence electrons. The second kappa shape index (κ2) is 3.78. The van der Waals surface area contributed by atoms with Crippen LogP contribution in [0.4, 0.5) is 0 Å². The molecule has 0 aliphatic heterocycles. The van der Waals surface area contributed by atoms with E-state index in [-0.39, 0.29) is 13.2 Å². The van der Waals surface area contributed by atoms with Crippen molar-refractivity contribution in [2.45, 2.75) is 13.2 Å². The highest BCUT2D eigenvalue weighted by Crippen LogP contribution is 2.31. The molecule has 0 fully saturated rings. The lowest BCUT2D eigenvalue weighted by molar-refractivity contribution is 0.278. The Morgan fingerprint density at radius 2 is 1.29 bits per heavy atom. The van der Waals surface area contributed by atoms with Crippen LogP contribution in [-0.4, -0.2) is 10.2 Å². The maximum absolute atomic E-state index is 9.14. The first-order valence-electron chi connectivity index (χ1n) is 4.58. The molecule has 0 heterocycles. The van der Waals surface area contributed by atoms with Crippen LogP contribution >= 0.6 is 0 Å². The molecule has 0 aromatic heterocycles. The van der Waals surface area contributed by atoms with E-state index in [1.807, 2.05) is 36.4 Å². The summed E-state index contributed by atoms with van der Waals surface area (Å²) < 4.78 is 0. The lowest BCUT2D eigenvalue weighted by Gasteiger charge is -1.97. The van der Waals surface area contributed by atoms with Crippen molar-refractivity contribution in [1.29, 1.82) is 0 Å². The molecule has 0 spiro atoms. The van der Waals surface area contributed by atoms with Gasteiger partial charge in [-0.1, -0.05) is 30.3 Å². The van der Waals surface area contributed by atoms with Gasteiger partial charge in [0.05, 0.1) is 13.2 Å². The third-order valence-corrected chi connectivity index (χ3v) is 2.42. The van der Waals surface area contributed by atoms with E-state index < -0.39 is 0 Å². The molecule has 14 heavy (non-hydrogen) atoms. The second-order valence-corrected chi connectivity index (χ2v) is 3.25. The first kappa shape index (κ1) is 9.19. The standard InChI is InChI=1S/C12H12O2/c13-7-9-6-10(8-14)12-5-3-1-2-4-11(9)12/h1-6,13-14H,7-8H2.